The van der Waals surface area contributed by atoms with Crippen LogP contribution in [0.4, 0.5) is 0 Å². The van der Waals surface area contributed by atoms with Crippen molar-refractivity contribution >= 4 is 15.9 Å². The van der Waals surface area contributed by atoms with Crippen LogP contribution in [-0.2, 0) is 6.54 Å². The molecule has 0 aromatic heterocycles. The largest absolute Gasteiger partial charge is 0.454 e. The zero-order valence-electron chi connectivity index (χ0n) is 12.7. The molecule has 1 N–H and O–H groups in total. The fourth-order valence-electron chi connectivity index (χ4n) is 3.35. The molecule has 1 aromatic rings. The third kappa shape index (κ3) is 3.72. The maximum Gasteiger partial charge on any atom is 0.231 e. The Kier molecular flexibility index (Phi) is 5.07. The summed E-state index contributed by atoms with van der Waals surface area (Å²) in [5.74, 6) is 3.52. The number of ether oxygens (including phenoxy) is 2. The summed E-state index contributed by atoms with van der Waals surface area (Å²) < 4.78 is 11.9. The highest BCUT2D eigenvalue weighted by atomic mass is 79.9. The molecule has 0 saturated heterocycles. The molecule has 0 amide bonds. The van der Waals surface area contributed by atoms with Crippen LogP contribution in [0.15, 0.2) is 16.6 Å². The van der Waals surface area contributed by atoms with Crippen LogP contribution in [0.5, 0.6) is 11.5 Å². The molecule has 3 rings (SSSR count). The van der Waals surface area contributed by atoms with E-state index in [9.17, 15) is 0 Å². The minimum Gasteiger partial charge on any atom is -0.454 e. The molecule has 1 aromatic carbocycles. The van der Waals surface area contributed by atoms with Gasteiger partial charge < -0.3 is 14.8 Å². The zero-order chi connectivity index (χ0) is 14.7. The lowest BCUT2D eigenvalue weighted by molar-refractivity contribution is 0.174. The van der Waals surface area contributed by atoms with Gasteiger partial charge in [-0.1, -0.05) is 42.1 Å². The molecule has 116 valence electrons. The van der Waals surface area contributed by atoms with Crippen LogP contribution < -0.4 is 14.8 Å². The standard InChI is InChI=1S/C17H24BrNO2/c1-2-12-3-5-13(6-4-12)9-19-10-14-7-16-17(8-15(14)18)21-11-20-16/h7-8,12-13,19H,2-6,9-11H2,1H3. The second kappa shape index (κ2) is 7.01. The van der Waals surface area contributed by atoms with Gasteiger partial charge in [-0.2, -0.15) is 0 Å². The molecule has 1 saturated carbocycles. The van der Waals surface area contributed by atoms with Crippen molar-refractivity contribution in [2.45, 2.75) is 45.6 Å². The summed E-state index contributed by atoms with van der Waals surface area (Å²) in [6.07, 6.45) is 6.94. The van der Waals surface area contributed by atoms with E-state index >= 15 is 0 Å². The van der Waals surface area contributed by atoms with E-state index in [2.05, 4.69) is 34.2 Å². The van der Waals surface area contributed by atoms with Crippen molar-refractivity contribution in [3.63, 3.8) is 0 Å². The highest BCUT2D eigenvalue weighted by molar-refractivity contribution is 9.10. The van der Waals surface area contributed by atoms with Crippen molar-refractivity contribution in [1.82, 2.24) is 5.32 Å². The van der Waals surface area contributed by atoms with Gasteiger partial charge in [0.2, 0.25) is 6.79 Å². The highest BCUT2D eigenvalue weighted by Gasteiger charge is 2.20. The number of fused-ring (bicyclic) bond motifs is 1. The smallest absolute Gasteiger partial charge is 0.231 e. The SMILES string of the molecule is CCC1CCC(CNCc2cc3c(cc2Br)OCO3)CC1. The Balaban J connectivity index is 1.48. The van der Waals surface area contributed by atoms with Crippen molar-refractivity contribution in [2.24, 2.45) is 11.8 Å². The van der Waals surface area contributed by atoms with Gasteiger partial charge >= 0.3 is 0 Å². The average molecular weight is 354 g/mol. The van der Waals surface area contributed by atoms with E-state index in [4.69, 9.17) is 9.47 Å². The third-order valence-electron chi connectivity index (χ3n) is 4.83. The normalized spacial score (nSPS) is 24.3. The van der Waals surface area contributed by atoms with Gasteiger partial charge in [0.25, 0.3) is 0 Å². The maximum absolute atomic E-state index is 5.44. The number of nitrogens with one attached hydrogen (secondary N) is 1. The first kappa shape index (κ1) is 15.2. The summed E-state index contributed by atoms with van der Waals surface area (Å²) in [4.78, 5) is 0. The van der Waals surface area contributed by atoms with Crippen molar-refractivity contribution in [2.75, 3.05) is 13.3 Å². The Morgan fingerprint density at radius 3 is 2.48 bits per heavy atom. The van der Waals surface area contributed by atoms with Crippen LogP contribution in [0.2, 0.25) is 0 Å². The van der Waals surface area contributed by atoms with Crippen LogP contribution in [-0.4, -0.2) is 13.3 Å². The van der Waals surface area contributed by atoms with Crippen LogP contribution in [0.1, 0.15) is 44.6 Å². The van der Waals surface area contributed by atoms with Crippen molar-refractivity contribution in [3.05, 3.63) is 22.2 Å². The molecule has 21 heavy (non-hydrogen) atoms. The first-order chi connectivity index (χ1) is 10.3. The van der Waals surface area contributed by atoms with Crippen LogP contribution in [0.3, 0.4) is 0 Å². The molecule has 0 spiro atoms. The molecule has 3 nitrogen and oxygen atoms in total. The van der Waals surface area contributed by atoms with Gasteiger partial charge in [0.05, 0.1) is 0 Å². The monoisotopic (exact) mass is 353 g/mol. The lowest BCUT2D eigenvalue weighted by Crippen LogP contribution is -2.26. The fourth-order valence-corrected chi connectivity index (χ4v) is 3.81. The molecule has 1 aliphatic heterocycles. The summed E-state index contributed by atoms with van der Waals surface area (Å²) >= 11 is 3.62. The van der Waals surface area contributed by atoms with Gasteiger partial charge in [-0.05, 0) is 48.9 Å². The molecule has 0 radical (unpaired) electrons. The van der Waals surface area contributed by atoms with Gasteiger partial charge in [0.1, 0.15) is 0 Å². The summed E-state index contributed by atoms with van der Waals surface area (Å²) in [7, 11) is 0. The highest BCUT2D eigenvalue weighted by Crippen LogP contribution is 2.37. The minimum absolute atomic E-state index is 0.333. The van der Waals surface area contributed by atoms with Crippen molar-refractivity contribution < 1.29 is 9.47 Å². The van der Waals surface area contributed by atoms with Crippen LogP contribution >= 0.6 is 15.9 Å². The van der Waals surface area contributed by atoms with Crippen molar-refractivity contribution in [3.8, 4) is 11.5 Å². The molecule has 0 bridgehead atoms. The first-order valence-corrected chi connectivity index (χ1v) is 8.84. The Hall–Kier alpha value is -0.740. The Morgan fingerprint density at radius 1 is 1.10 bits per heavy atom. The Labute approximate surface area is 135 Å². The predicted molar refractivity (Wildman–Crippen MR) is 87.7 cm³/mol. The molecular formula is C17H24BrNO2. The predicted octanol–water partition coefficient (Wildman–Crippen LogP) is 4.48. The van der Waals surface area contributed by atoms with E-state index in [1.165, 1.54) is 37.7 Å². The molecule has 0 unspecified atom stereocenters. The van der Waals surface area contributed by atoms with E-state index in [0.717, 1.165) is 40.9 Å². The zero-order valence-corrected chi connectivity index (χ0v) is 14.2. The number of rotatable bonds is 5. The number of hydrogen-bond acceptors (Lipinski definition) is 3. The number of hydrogen-bond donors (Lipinski definition) is 1. The Bertz CT molecular complexity index is 484. The molecule has 4 heteroatoms. The van der Waals surface area contributed by atoms with Crippen LogP contribution in [0, 0.1) is 11.8 Å². The van der Waals surface area contributed by atoms with E-state index < -0.39 is 0 Å². The van der Waals surface area contributed by atoms with Gasteiger partial charge in [-0.3, -0.25) is 0 Å². The Morgan fingerprint density at radius 2 is 1.76 bits per heavy atom. The summed E-state index contributed by atoms with van der Waals surface area (Å²) in [5, 5.41) is 3.61. The number of halogens is 1. The molecular weight excluding hydrogens is 330 g/mol. The van der Waals surface area contributed by atoms with Gasteiger partial charge in [-0.25, -0.2) is 0 Å². The molecule has 1 heterocycles. The lowest BCUT2D eigenvalue weighted by atomic mass is 9.81. The lowest BCUT2D eigenvalue weighted by Gasteiger charge is -2.28. The third-order valence-corrected chi connectivity index (χ3v) is 5.57. The first-order valence-electron chi connectivity index (χ1n) is 8.05. The number of benzene rings is 1. The summed E-state index contributed by atoms with van der Waals surface area (Å²) in [5.41, 5.74) is 1.24. The van der Waals surface area contributed by atoms with Crippen LogP contribution in [0.25, 0.3) is 0 Å². The van der Waals surface area contributed by atoms with E-state index in [1.54, 1.807) is 0 Å². The second-order valence-electron chi connectivity index (χ2n) is 6.22. The summed E-state index contributed by atoms with van der Waals surface area (Å²) in [6, 6.07) is 4.08. The minimum atomic E-state index is 0.333. The van der Waals surface area contributed by atoms with E-state index in [-0.39, 0.29) is 0 Å². The quantitative estimate of drug-likeness (QED) is 0.846. The second-order valence-corrected chi connectivity index (χ2v) is 7.08. The van der Waals surface area contributed by atoms with Crippen molar-refractivity contribution in [1.29, 1.82) is 0 Å². The topological polar surface area (TPSA) is 30.5 Å². The average Bonchev–Trinajstić information content (AvgIpc) is 2.95. The molecule has 1 aliphatic carbocycles. The maximum atomic E-state index is 5.44. The van der Waals surface area contributed by atoms with Gasteiger partial charge in [0, 0.05) is 11.0 Å². The fraction of sp³-hybridized carbons (Fsp3) is 0.647. The summed E-state index contributed by atoms with van der Waals surface area (Å²) in [6.45, 7) is 4.65. The molecule has 1 fully saturated rings. The van der Waals surface area contributed by atoms with E-state index in [0.29, 0.717) is 6.79 Å². The van der Waals surface area contributed by atoms with E-state index in [1.807, 2.05) is 6.07 Å². The van der Waals surface area contributed by atoms with Gasteiger partial charge in [-0.15, -0.1) is 0 Å². The molecule has 0 atom stereocenters. The van der Waals surface area contributed by atoms with Gasteiger partial charge in [0.15, 0.2) is 11.5 Å². The molecule has 2 aliphatic rings.